The van der Waals surface area contributed by atoms with Crippen molar-refractivity contribution in [2.45, 2.75) is 0 Å². The molecule has 2 aromatic heterocycles. The number of anilines is 3. The van der Waals surface area contributed by atoms with Gasteiger partial charge in [0.2, 0.25) is 0 Å². The first kappa shape index (κ1) is 19.3. The van der Waals surface area contributed by atoms with Gasteiger partial charge in [0.05, 0.1) is 37.7 Å². The molecular weight excluding hydrogens is 390 g/mol. The van der Waals surface area contributed by atoms with Gasteiger partial charge in [-0.25, -0.2) is 15.0 Å². The number of methoxy groups -OCH3 is 1. The van der Waals surface area contributed by atoms with Crippen molar-refractivity contribution < 1.29 is 9.47 Å². The van der Waals surface area contributed by atoms with E-state index in [1.165, 1.54) is 5.69 Å². The highest BCUT2D eigenvalue weighted by Crippen LogP contribution is 2.26. The van der Waals surface area contributed by atoms with E-state index in [2.05, 4.69) is 44.5 Å². The summed E-state index contributed by atoms with van der Waals surface area (Å²) >= 11 is 0. The van der Waals surface area contributed by atoms with E-state index in [1.807, 2.05) is 30.3 Å². The Morgan fingerprint density at radius 1 is 0.935 bits per heavy atom. The summed E-state index contributed by atoms with van der Waals surface area (Å²) in [5.41, 5.74) is 5.47. The van der Waals surface area contributed by atoms with E-state index in [0.717, 1.165) is 60.0 Å². The Kier molecular flexibility index (Phi) is 5.33. The topological polar surface area (TPSA) is 72.4 Å². The molecule has 2 aromatic carbocycles. The lowest BCUT2D eigenvalue weighted by Crippen LogP contribution is -2.36. The van der Waals surface area contributed by atoms with Gasteiger partial charge in [-0.3, -0.25) is 0 Å². The average molecular weight is 413 g/mol. The average Bonchev–Trinajstić information content (AvgIpc) is 2.85. The van der Waals surface area contributed by atoms with Crippen LogP contribution in [0.2, 0.25) is 0 Å². The van der Waals surface area contributed by atoms with Crippen LogP contribution in [0.5, 0.6) is 5.75 Å². The van der Waals surface area contributed by atoms with Gasteiger partial charge in [0.15, 0.2) is 5.82 Å². The molecule has 0 radical (unpaired) electrons. The van der Waals surface area contributed by atoms with Crippen LogP contribution < -0.4 is 15.0 Å². The summed E-state index contributed by atoms with van der Waals surface area (Å²) in [5.74, 6) is 1.50. The van der Waals surface area contributed by atoms with Gasteiger partial charge in [0.1, 0.15) is 11.3 Å². The summed E-state index contributed by atoms with van der Waals surface area (Å²) in [6.45, 7) is 3.39. The molecule has 3 heterocycles. The molecule has 0 amide bonds. The van der Waals surface area contributed by atoms with Crippen LogP contribution in [0.4, 0.5) is 17.2 Å². The van der Waals surface area contributed by atoms with E-state index in [9.17, 15) is 0 Å². The van der Waals surface area contributed by atoms with E-state index < -0.39 is 0 Å². The van der Waals surface area contributed by atoms with Crippen molar-refractivity contribution in [3.63, 3.8) is 0 Å². The zero-order chi connectivity index (χ0) is 21.0. The number of nitrogens with one attached hydrogen (secondary N) is 1. The molecule has 0 aliphatic carbocycles. The second-order valence-electron chi connectivity index (χ2n) is 7.28. The third-order valence-corrected chi connectivity index (χ3v) is 5.35. The van der Waals surface area contributed by atoms with Crippen LogP contribution in [0.25, 0.3) is 22.3 Å². The predicted molar refractivity (Wildman–Crippen MR) is 122 cm³/mol. The number of morpholine rings is 1. The number of pyridine rings is 1. The molecule has 1 saturated heterocycles. The molecule has 1 aliphatic heterocycles. The van der Waals surface area contributed by atoms with Crippen LogP contribution >= 0.6 is 0 Å². The predicted octanol–water partition coefficient (Wildman–Crippen LogP) is 4.28. The molecule has 7 heteroatoms. The Hall–Kier alpha value is -3.71. The number of hydrogen-bond acceptors (Lipinski definition) is 7. The van der Waals surface area contributed by atoms with E-state index >= 15 is 0 Å². The quantitative estimate of drug-likeness (QED) is 0.523. The molecule has 7 nitrogen and oxygen atoms in total. The summed E-state index contributed by atoms with van der Waals surface area (Å²) in [6, 6.07) is 18.0. The van der Waals surface area contributed by atoms with Crippen molar-refractivity contribution in [1.29, 1.82) is 0 Å². The third kappa shape index (κ3) is 4.13. The molecular formula is C24H23N5O2. The molecule has 0 saturated carbocycles. The fourth-order valence-electron chi connectivity index (χ4n) is 3.65. The van der Waals surface area contributed by atoms with E-state index in [1.54, 1.807) is 19.5 Å². The minimum atomic E-state index is 0.686. The summed E-state index contributed by atoms with van der Waals surface area (Å²) in [4.78, 5) is 16.2. The van der Waals surface area contributed by atoms with Gasteiger partial charge in [0.25, 0.3) is 0 Å². The molecule has 4 aromatic rings. The third-order valence-electron chi connectivity index (χ3n) is 5.35. The van der Waals surface area contributed by atoms with Crippen molar-refractivity contribution in [2.75, 3.05) is 43.6 Å². The largest absolute Gasteiger partial charge is 0.497 e. The SMILES string of the molecule is COc1ccc(-c2cnc3c(Nc4ccc(N5CCOCC5)cc4)nccc3n2)cc1. The number of benzene rings is 2. The Morgan fingerprint density at radius 3 is 2.45 bits per heavy atom. The Balaban J connectivity index is 1.38. The molecule has 0 unspecified atom stereocenters. The van der Waals surface area contributed by atoms with Gasteiger partial charge in [-0.05, 0) is 54.6 Å². The standard InChI is InChI=1S/C24H23N5O2/c1-30-20-8-2-17(3-9-20)22-16-26-23-21(28-22)10-11-25-24(23)27-18-4-6-19(7-5-18)29-12-14-31-15-13-29/h2-11,16H,12-15H2,1H3,(H,25,27). The smallest absolute Gasteiger partial charge is 0.158 e. The van der Waals surface area contributed by atoms with Crippen LogP contribution in [0.15, 0.2) is 67.0 Å². The van der Waals surface area contributed by atoms with Gasteiger partial charge >= 0.3 is 0 Å². The minimum absolute atomic E-state index is 0.686. The molecule has 0 bridgehead atoms. The maximum absolute atomic E-state index is 5.43. The number of hydrogen-bond donors (Lipinski definition) is 1. The Bertz CT molecular complexity index is 1170. The highest BCUT2D eigenvalue weighted by molar-refractivity contribution is 5.88. The van der Waals surface area contributed by atoms with Gasteiger partial charge in [-0.2, -0.15) is 0 Å². The number of ether oxygens (including phenoxy) is 2. The van der Waals surface area contributed by atoms with Gasteiger partial charge in [0, 0.05) is 36.2 Å². The number of fused-ring (bicyclic) bond motifs is 1. The second kappa shape index (κ2) is 8.57. The van der Waals surface area contributed by atoms with Crippen molar-refractivity contribution >= 4 is 28.2 Å². The zero-order valence-corrected chi connectivity index (χ0v) is 17.3. The lowest BCUT2D eigenvalue weighted by Gasteiger charge is -2.28. The molecule has 156 valence electrons. The lowest BCUT2D eigenvalue weighted by atomic mass is 10.1. The fraction of sp³-hybridized carbons (Fsp3) is 0.208. The molecule has 0 atom stereocenters. The zero-order valence-electron chi connectivity index (χ0n) is 17.3. The van der Waals surface area contributed by atoms with Crippen molar-refractivity contribution in [1.82, 2.24) is 15.0 Å². The van der Waals surface area contributed by atoms with Gasteiger partial charge < -0.3 is 19.7 Å². The van der Waals surface area contributed by atoms with Crippen molar-refractivity contribution in [3.05, 3.63) is 67.0 Å². The first-order valence-electron chi connectivity index (χ1n) is 10.3. The van der Waals surface area contributed by atoms with Gasteiger partial charge in [-0.15, -0.1) is 0 Å². The maximum atomic E-state index is 5.43. The number of rotatable bonds is 5. The lowest BCUT2D eigenvalue weighted by molar-refractivity contribution is 0.122. The molecule has 31 heavy (non-hydrogen) atoms. The summed E-state index contributed by atoms with van der Waals surface area (Å²) in [7, 11) is 1.66. The Labute approximate surface area is 180 Å². The monoisotopic (exact) mass is 413 g/mol. The number of nitrogens with zero attached hydrogens (tertiary/aromatic N) is 4. The molecule has 1 fully saturated rings. The fourth-order valence-corrected chi connectivity index (χ4v) is 3.65. The molecule has 0 spiro atoms. The minimum Gasteiger partial charge on any atom is -0.497 e. The molecule has 1 aliphatic rings. The van der Waals surface area contributed by atoms with E-state index in [0.29, 0.717) is 5.82 Å². The molecule has 1 N–H and O–H groups in total. The summed E-state index contributed by atoms with van der Waals surface area (Å²) < 4.78 is 10.7. The summed E-state index contributed by atoms with van der Waals surface area (Å²) in [5, 5.41) is 3.38. The van der Waals surface area contributed by atoms with Crippen LogP contribution in [-0.4, -0.2) is 48.4 Å². The number of aromatic nitrogens is 3. The Morgan fingerprint density at radius 2 is 1.71 bits per heavy atom. The first-order chi connectivity index (χ1) is 15.3. The summed E-state index contributed by atoms with van der Waals surface area (Å²) in [6.07, 6.45) is 3.53. The van der Waals surface area contributed by atoms with Gasteiger partial charge in [-0.1, -0.05) is 0 Å². The highest BCUT2D eigenvalue weighted by atomic mass is 16.5. The highest BCUT2D eigenvalue weighted by Gasteiger charge is 2.12. The molecule has 5 rings (SSSR count). The van der Waals surface area contributed by atoms with Crippen molar-refractivity contribution in [2.24, 2.45) is 0 Å². The van der Waals surface area contributed by atoms with E-state index in [4.69, 9.17) is 14.5 Å². The van der Waals surface area contributed by atoms with Crippen LogP contribution in [0.1, 0.15) is 0 Å². The van der Waals surface area contributed by atoms with Crippen LogP contribution in [-0.2, 0) is 4.74 Å². The second-order valence-corrected chi connectivity index (χ2v) is 7.28. The maximum Gasteiger partial charge on any atom is 0.158 e. The van der Waals surface area contributed by atoms with Crippen LogP contribution in [0, 0.1) is 0 Å². The van der Waals surface area contributed by atoms with E-state index in [-0.39, 0.29) is 0 Å². The normalized spacial score (nSPS) is 13.9. The van der Waals surface area contributed by atoms with Crippen molar-refractivity contribution in [3.8, 4) is 17.0 Å². The first-order valence-corrected chi connectivity index (χ1v) is 10.3. The van der Waals surface area contributed by atoms with Crippen LogP contribution in [0.3, 0.4) is 0 Å².